The van der Waals surface area contributed by atoms with Crippen LogP contribution in [0.1, 0.15) is 20.3 Å². The molecule has 0 aliphatic heterocycles. The van der Waals surface area contributed by atoms with Crippen molar-refractivity contribution in [3.05, 3.63) is 0 Å². The third-order valence-electron chi connectivity index (χ3n) is 1.34. The average molecular weight is 187 g/mol. The van der Waals surface area contributed by atoms with Gasteiger partial charge in [-0.15, -0.1) is 0 Å². The molecule has 0 aromatic carbocycles. The monoisotopic (exact) mass is 187 g/mol. The summed E-state index contributed by atoms with van der Waals surface area (Å²) in [5.41, 5.74) is 0.425. The first-order valence-corrected chi connectivity index (χ1v) is 3.83. The van der Waals surface area contributed by atoms with Crippen molar-refractivity contribution in [1.29, 1.82) is 0 Å². The Hall–Kier alpha value is -1.23. The van der Waals surface area contributed by atoms with E-state index < -0.39 is 18.6 Å². The number of carbonyl (C=O) groups is 2. The molecule has 0 heterocycles. The zero-order chi connectivity index (χ0) is 10.4. The maximum atomic E-state index is 10.6. The molecule has 74 valence electrons. The molecule has 13 heavy (non-hydrogen) atoms. The highest BCUT2D eigenvalue weighted by Gasteiger charge is 2.14. The molecule has 0 aliphatic carbocycles. The molecule has 0 radical (unpaired) electrons. The van der Waals surface area contributed by atoms with E-state index in [1.165, 1.54) is 6.92 Å². The number of carboxylic acids is 1. The second kappa shape index (κ2) is 5.42. The SMILES string of the molecule is CC(=O)CC(C)=N[C@H](CO)C(=O)O. The number of aliphatic carboxylic acids is 1. The minimum atomic E-state index is -1.19. The van der Waals surface area contributed by atoms with Crippen LogP contribution in [0.25, 0.3) is 0 Å². The largest absolute Gasteiger partial charge is 0.480 e. The van der Waals surface area contributed by atoms with E-state index in [9.17, 15) is 9.59 Å². The van der Waals surface area contributed by atoms with E-state index >= 15 is 0 Å². The number of carboxylic acid groups (broad SMARTS) is 1. The Bertz CT molecular complexity index is 234. The molecule has 5 nitrogen and oxygen atoms in total. The van der Waals surface area contributed by atoms with Crippen LogP contribution in [-0.4, -0.2) is 40.3 Å². The van der Waals surface area contributed by atoms with E-state index in [-0.39, 0.29) is 12.2 Å². The van der Waals surface area contributed by atoms with Crippen molar-refractivity contribution in [2.45, 2.75) is 26.3 Å². The first-order valence-electron chi connectivity index (χ1n) is 3.83. The van der Waals surface area contributed by atoms with Crippen molar-refractivity contribution < 1.29 is 19.8 Å². The number of carbonyl (C=O) groups excluding carboxylic acids is 1. The molecular weight excluding hydrogens is 174 g/mol. The minimum absolute atomic E-state index is 0.0803. The molecular formula is C8H13NO4. The zero-order valence-corrected chi connectivity index (χ0v) is 7.65. The normalized spacial score (nSPS) is 13.9. The van der Waals surface area contributed by atoms with Gasteiger partial charge in [-0.25, -0.2) is 4.79 Å². The van der Waals surface area contributed by atoms with Gasteiger partial charge in [-0.05, 0) is 13.8 Å². The van der Waals surface area contributed by atoms with Gasteiger partial charge in [-0.1, -0.05) is 0 Å². The van der Waals surface area contributed by atoms with Crippen LogP contribution in [0, 0.1) is 0 Å². The van der Waals surface area contributed by atoms with Gasteiger partial charge >= 0.3 is 5.97 Å². The molecule has 0 unspecified atom stereocenters. The quantitative estimate of drug-likeness (QED) is 0.587. The van der Waals surface area contributed by atoms with Crippen LogP contribution in [0.2, 0.25) is 0 Å². The average Bonchev–Trinajstić information content (AvgIpc) is 1.98. The van der Waals surface area contributed by atoms with Crippen molar-refractivity contribution in [1.82, 2.24) is 0 Å². The van der Waals surface area contributed by atoms with Gasteiger partial charge in [-0.3, -0.25) is 9.79 Å². The van der Waals surface area contributed by atoms with Crippen LogP contribution in [0.4, 0.5) is 0 Å². The van der Waals surface area contributed by atoms with Gasteiger partial charge in [0.05, 0.1) is 6.61 Å². The fourth-order valence-electron chi connectivity index (χ4n) is 0.846. The fraction of sp³-hybridized carbons (Fsp3) is 0.625. The van der Waals surface area contributed by atoms with Gasteiger partial charge in [0.1, 0.15) is 5.78 Å². The van der Waals surface area contributed by atoms with Gasteiger partial charge in [0.2, 0.25) is 0 Å². The molecule has 0 saturated carbocycles. The summed E-state index contributed by atoms with van der Waals surface area (Å²) in [6.07, 6.45) is 0.129. The highest BCUT2D eigenvalue weighted by atomic mass is 16.4. The number of aliphatic hydroxyl groups is 1. The van der Waals surface area contributed by atoms with E-state index in [0.29, 0.717) is 5.71 Å². The molecule has 0 aromatic rings. The van der Waals surface area contributed by atoms with Crippen molar-refractivity contribution >= 4 is 17.5 Å². The molecule has 0 aliphatic rings. The number of hydrogen-bond donors (Lipinski definition) is 2. The second-order valence-corrected chi connectivity index (χ2v) is 2.78. The summed E-state index contributed by atoms with van der Waals surface area (Å²) in [5, 5.41) is 17.1. The topological polar surface area (TPSA) is 87.0 Å². The lowest BCUT2D eigenvalue weighted by Gasteiger charge is -2.04. The standard InChI is InChI=1S/C8H13NO4/c1-5(3-6(2)11)9-7(4-10)8(12)13/h7,10H,3-4H2,1-2H3,(H,12,13)/t7-/m1/s1. The summed E-state index contributed by atoms with van der Waals surface area (Å²) in [4.78, 5) is 24.7. The Morgan fingerprint density at radius 3 is 2.23 bits per heavy atom. The van der Waals surface area contributed by atoms with Crippen molar-refractivity contribution in [2.24, 2.45) is 4.99 Å². The molecule has 0 amide bonds. The van der Waals surface area contributed by atoms with Gasteiger partial charge in [0.15, 0.2) is 6.04 Å². The Morgan fingerprint density at radius 1 is 1.38 bits per heavy atom. The molecule has 2 N–H and O–H groups in total. The van der Waals surface area contributed by atoms with Crippen LogP contribution < -0.4 is 0 Å². The number of rotatable bonds is 5. The summed E-state index contributed by atoms with van der Waals surface area (Å²) in [6.45, 7) is 2.41. The van der Waals surface area contributed by atoms with Gasteiger partial charge in [0.25, 0.3) is 0 Å². The summed E-state index contributed by atoms with van der Waals surface area (Å²) in [7, 11) is 0. The van der Waals surface area contributed by atoms with Crippen LogP contribution in [0.5, 0.6) is 0 Å². The van der Waals surface area contributed by atoms with Crippen LogP contribution >= 0.6 is 0 Å². The predicted octanol–water partition coefficient (Wildman–Crippen LogP) is -0.128. The number of hydrogen-bond acceptors (Lipinski definition) is 4. The van der Waals surface area contributed by atoms with Gasteiger partial charge < -0.3 is 10.2 Å². The number of aliphatic imine (C=N–C) groups is 1. The van der Waals surface area contributed by atoms with Crippen LogP contribution in [-0.2, 0) is 9.59 Å². The summed E-state index contributed by atoms with van der Waals surface area (Å²) in [5.74, 6) is -1.27. The number of Topliss-reactive ketones (excluding diaryl/α,β-unsaturated/α-hetero) is 1. The van der Waals surface area contributed by atoms with Crippen molar-refractivity contribution in [3.63, 3.8) is 0 Å². The Morgan fingerprint density at radius 2 is 1.92 bits per heavy atom. The third-order valence-corrected chi connectivity index (χ3v) is 1.34. The van der Waals surface area contributed by atoms with E-state index in [1.54, 1.807) is 6.92 Å². The fourth-order valence-corrected chi connectivity index (χ4v) is 0.846. The van der Waals surface area contributed by atoms with E-state index in [1.807, 2.05) is 0 Å². The summed E-state index contributed by atoms with van der Waals surface area (Å²) < 4.78 is 0. The lowest BCUT2D eigenvalue weighted by atomic mass is 10.2. The number of ketones is 1. The molecule has 0 saturated heterocycles. The lowest BCUT2D eigenvalue weighted by molar-refractivity contribution is -0.139. The van der Waals surface area contributed by atoms with E-state index in [2.05, 4.69) is 4.99 Å². The first-order chi connectivity index (χ1) is 5.97. The smallest absolute Gasteiger partial charge is 0.330 e. The molecule has 0 bridgehead atoms. The van der Waals surface area contributed by atoms with E-state index in [0.717, 1.165) is 0 Å². The first kappa shape index (κ1) is 11.8. The minimum Gasteiger partial charge on any atom is -0.480 e. The summed E-state index contributed by atoms with van der Waals surface area (Å²) in [6, 6.07) is -1.15. The maximum Gasteiger partial charge on any atom is 0.330 e. The van der Waals surface area contributed by atoms with Gasteiger partial charge in [0, 0.05) is 12.1 Å². The van der Waals surface area contributed by atoms with Crippen molar-refractivity contribution in [2.75, 3.05) is 6.61 Å². The second-order valence-electron chi connectivity index (χ2n) is 2.78. The highest BCUT2D eigenvalue weighted by Crippen LogP contribution is 1.95. The molecule has 0 fully saturated rings. The number of nitrogens with zero attached hydrogens (tertiary/aromatic N) is 1. The Kier molecular flexibility index (Phi) is 4.91. The lowest BCUT2D eigenvalue weighted by Crippen LogP contribution is -2.23. The Balaban J connectivity index is 4.32. The van der Waals surface area contributed by atoms with Gasteiger partial charge in [-0.2, -0.15) is 0 Å². The van der Waals surface area contributed by atoms with Crippen LogP contribution in [0.3, 0.4) is 0 Å². The molecule has 5 heteroatoms. The maximum absolute atomic E-state index is 10.6. The summed E-state index contributed by atoms with van der Waals surface area (Å²) >= 11 is 0. The highest BCUT2D eigenvalue weighted by molar-refractivity contribution is 6.00. The van der Waals surface area contributed by atoms with Crippen molar-refractivity contribution in [3.8, 4) is 0 Å². The molecule has 0 spiro atoms. The molecule has 0 rings (SSSR count). The number of aliphatic hydroxyl groups excluding tert-OH is 1. The Labute approximate surface area is 76.1 Å². The van der Waals surface area contributed by atoms with E-state index in [4.69, 9.17) is 10.2 Å². The molecule has 0 aromatic heterocycles. The predicted molar refractivity (Wildman–Crippen MR) is 46.9 cm³/mol. The van der Waals surface area contributed by atoms with Crippen LogP contribution in [0.15, 0.2) is 4.99 Å². The third kappa shape index (κ3) is 5.08. The zero-order valence-electron chi connectivity index (χ0n) is 7.65. The molecule has 1 atom stereocenters.